The third-order valence-electron chi connectivity index (χ3n) is 3.62. The van der Waals surface area contributed by atoms with Gasteiger partial charge < -0.3 is 4.74 Å². The van der Waals surface area contributed by atoms with Crippen molar-refractivity contribution >= 4 is 32.2 Å². The van der Waals surface area contributed by atoms with Gasteiger partial charge in [0, 0.05) is 18.6 Å². The van der Waals surface area contributed by atoms with E-state index in [2.05, 4.69) is 15.5 Å². The quantitative estimate of drug-likeness (QED) is 0.804. The number of nitrogens with one attached hydrogen (secondary N) is 1. The maximum Gasteiger partial charge on any atom is 0.257 e. The molecular formula is C15H17N3O4S2. The Labute approximate surface area is 144 Å². The molecule has 3 rings (SSSR count). The average Bonchev–Trinajstić information content (AvgIpc) is 3.33. The van der Waals surface area contributed by atoms with E-state index >= 15 is 0 Å². The molecule has 1 saturated carbocycles. The Morgan fingerprint density at radius 3 is 2.62 bits per heavy atom. The molecule has 24 heavy (non-hydrogen) atoms. The summed E-state index contributed by atoms with van der Waals surface area (Å²) in [5.41, 5.74) is 0.365. The molecule has 1 aromatic carbocycles. The van der Waals surface area contributed by atoms with Gasteiger partial charge in [0.25, 0.3) is 5.91 Å². The topological polar surface area (TPSA) is 98.2 Å². The van der Waals surface area contributed by atoms with Crippen molar-refractivity contribution in [2.45, 2.75) is 23.7 Å². The number of nitrogens with zero attached hydrogens (tertiary/aromatic N) is 2. The lowest BCUT2D eigenvalue weighted by atomic mass is 10.2. The minimum Gasteiger partial charge on any atom is -0.384 e. The number of carbonyl (C=O) groups is 1. The van der Waals surface area contributed by atoms with Crippen molar-refractivity contribution in [1.82, 2.24) is 10.2 Å². The Morgan fingerprint density at radius 2 is 2.00 bits per heavy atom. The van der Waals surface area contributed by atoms with Gasteiger partial charge in [0.05, 0.1) is 17.3 Å². The molecule has 7 nitrogen and oxygen atoms in total. The second-order valence-corrected chi connectivity index (χ2v) is 8.63. The maximum absolute atomic E-state index is 12.2. The highest BCUT2D eigenvalue weighted by molar-refractivity contribution is 7.91. The number of anilines is 1. The van der Waals surface area contributed by atoms with Crippen LogP contribution < -0.4 is 5.32 Å². The average molecular weight is 367 g/mol. The van der Waals surface area contributed by atoms with E-state index in [0.717, 1.165) is 17.8 Å². The molecule has 1 aliphatic rings. The zero-order valence-electron chi connectivity index (χ0n) is 13.1. The first kappa shape index (κ1) is 17.0. The summed E-state index contributed by atoms with van der Waals surface area (Å²) in [6.07, 6.45) is 2.25. The van der Waals surface area contributed by atoms with Crippen LogP contribution in [-0.2, 0) is 14.6 Å². The molecule has 0 atom stereocenters. The Kier molecular flexibility index (Phi) is 4.93. The SMILES string of the molecule is COCCS(=O)(=O)c1ccc(C(=O)Nc2nnc(C3CC3)s2)cc1. The number of hydrogen-bond acceptors (Lipinski definition) is 7. The molecule has 1 amide bonds. The lowest BCUT2D eigenvalue weighted by molar-refractivity contribution is 0.102. The van der Waals surface area contributed by atoms with E-state index in [-0.39, 0.29) is 23.2 Å². The number of carbonyl (C=O) groups excluding carboxylic acids is 1. The Hall–Kier alpha value is -1.84. The number of aromatic nitrogens is 2. The van der Waals surface area contributed by atoms with Crippen LogP contribution in [0.15, 0.2) is 29.2 Å². The fourth-order valence-corrected chi connectivity index (χ4v) is 4.15. The molecule has 0 aliphatic heterocycles. The van der Waals surface area contributed by atoms with Gasteiger partial charge in [-0.15, -0.1) is 10.2 Å². The van der Waals surface area contributed by atoms with Crippen molar-refractivity contribution in [1.29, 1.82) is 0 Å². The first-order valence-corrected chi connectivity index (χ1v) is 9.93. The van der Waals surface area contributed by atoms with Gasteiger partial charge in [0.2, 0.25) is 5.13 Å². The van der Waals surface area contributed by atoms with Crippen LogP contribution in [0.25, 0.3) is 0 Å². The van der Waals surface area contributed by atoms with Crippen molar-refractivity contribution in [3.8, 4) is 0 Å². The van der Waals surface area contributed by atoms with E-state index in [0.29, 0.717) is 16.6 Å². The first-order chi connectivity index (χ1) is 11.5. The van der Waals surface area contributed by atoms with Crippen LogP contribution in [0.3, 0.4) is 0 Å². The summed E-state index contributed by atoms with van der Waals surface area (Å²) in [7, 11) is -1.95. The zero-order chi connectivity index (χ0) is 17.2. The van der Waals surface area contributed by atoms with Crippen LogP contribution in [0.4, 0.5) is 5.13 Å². The number of hydrogen-bond donors (Lipinski definition) is 1. The van der Waals surface area contributed by atoms with Crippen molar-refractivity contribution in [2.24, 2.45) is 0 Å². The van der Waals surface area contributed by atoms with Gasteiger partial charge in [-0.2, -0.15) is 0 Å². The lowest BCUT2D eigenvalue weighted by Crippen LogP contribution is -2.14. The summed E-state index contributed by atoms with van der Waals surface area (Å²) in [5.74, 6) is 0.0584. The number of ether oxygens (including phenoxy) is 1. The molecule has 0 radical (unpaired) electrons. The summed E-state index contributed by atoms with van der Waals surface area (Å²) in [6, 6.07) is 5.82. The second kappa shape index (κ2) is 6.96. The molecule has 1 N–H and O–H groups in total. The third kappa shape index (κ3) is 3.97. The molecule has 0 bridgehead atoms. The molecule has 0 unspecified atom stereocenters. The van der Waals surface area contributed by atoms with Crippen LogP contribution in [-0.4, -0.2) is 44.0 Å². The van der Waals surface area contributed by atoms with E-state index in [4.69, 9.17) is 4.74 Å². The van der Waals surface area contributed by atoms with E-state index < -0.39 is 9.84 Å². The second-order valence-electron chi connectivity index (χ2n) is 5.51. The van der Waals surface area contributed by atoms with Crippen LogP contribution in [0, 0.1) is 0 Å². The normalized spacial score (nSPS) is 14.5. The number of rotatable bonds is 7. The predicted molar refractivity (Wildman–Crippen MR) is 90.2 cm³/mol. The molecule has 2 aromatic rings. The lowest BCUT2D eigenvalue weighted by Gasteiger charge is -2.05. The van der Waals surface area contributed by atoms with Crippen LogP contribution in [0.2, 0.25) is 0 Å². The third-order valence-corrected chi connectivity index (χ3v) is 6.32. The van der Waals surface area contributed by atoms with Crippen molar-refractivity contribution in [3.05, 3.63) is 34.8 Å². The van der Waals surface area contributed by atoms with Gasteiger partial charge in [-0.3, -0.25) is 10.1 Å². The largest absolute Gasteiger partial charge is 0.384 e. The van der Waals surface area contributed by atoms with E-state index in [1.54, 1.807) is 0 Å². The molecule has 1 fully saturated rings. The monoisotopic (exact) mass is 367 g/mol. The Balaban J connectivity index is 1.66. The molecule has 0 spiro atoms. The summed E-state index contributed by atoms with van der Waals surface area (Å²) >= 11 is 1.38. The molecule has 1 heterocycles. The standard InChI is InChI=1S/C15H17N3O4S2/c1-22-8-9-24(20,21)12-6-4-10(5-7-12)13(19)16-15-18-17-14(23-15)11-2-3-11/h4-7,11H,2-3,8-9H2,1H3,(H,16,18,19). The van der Waals surface area contributed by atoms with Crippen LogP contribution in [0.5, 0.6) is 0 Å². The fourth-order valence-electron chi connectivity index (χ4n) is 2.07. The van der Waals surface area contributed by atoms with E-state index in [1.165, 1.54) is 42.7 Å². The highest BCUT2D eigenvalue weighted by Crippen LogP contribution is 2.42. The first-order valence-electron chi connectivity index (χ1n) is 7.46. The highest BCUT2D eigenvalue weighted by Gasteiger charge is 2.27. The Morgan fingerprint density at radius 1 is 1.29 bits per heavy atom. The fraction of sp³-hybridized carbons (Fsp3) is 0.400. The van der Waals surface area contributed by atoms with Gasteiger partial charge in [-0.1, -0.05) is 11.3 Å². The summed E-state index contributed by atoms with van der Waals surface area (Å²) < 4.78 is 28.9. The van der Waals surface area contributed by atoms with Gasteiger partial charge >= 0.3 is 0 Å². The van der Waals surface area contributed by atoms with Gasteiger partial charge in [-0.25, -0.2) is 8.42 Å². The summed E-state index contributed by atoms with van der Waals surface area (Å²) in [6.45, 7) is 0.130. The highest BCUT2D eigenvalue weighted by atomic mass is 32.2. The molecule has 0 saturated heterocycles. The molecular weight excluding hydrogens is 350 g/mol. The Bertz CT molecular complexity index is 827. The maximum atomic E-state index is 12.2. The molecule has 1 aromatic heterocycles. The van der Waals surface area contributed by atoms with Crippen LogP contribution in [0.1, 0.15) is 34.1 Å². The minimum absolute atomic E-state index is 0.0935. The van der Waals surface area contributed by atoms with Crippen LogP contribution >= 0.6 is 11.3 Å². The summed E-state index contributed by atoms with van der Waals surface area (Å²) in [4.78, 5) is 12.4. The summed E-state index contributed by atoms with van der Waals surface area (Å²) in [5, 5.41) is 12.1. The van der Waals surface area contributed by atoms with Gasteiger partial charge in [0.1, 0.15) is 5.01 Å². The van der Waals surface area contributed by atoms with Gasteiger partial charge in [-0.05, 0) is 37.1 Å². The molecule has 9 heteroatoms. The van der Waals surface area contributed by atoms with Crippen molar-refractivity contribution < 1.29 is 17.9 Å². The van der Waals surface area contributed by atoms with Crippen molar-refractivity contribution in [3.63, 3.8) is 0 Å². The number of amides is 1. The van der Waals surface area contributed by atoms with Crippen molar-refractivity contribution in [2.75, 3.05) is 24.8 Å². The predicted octanol–water partition coefficient (Wildman–Crippen LogP) is 2.09. The minimum atomic E-state index is -3.40. The smallest absolute Gasteiger partial charge is 0.257 e. The van der Waals surface area contributed by atoms with E-state index in [1.807, 2.05) is 0 Å². The van der Waals surface area contributed by atoms with E-state index in [9.17, 15) is 13.2 Å². The zero-order valence-corrected chi connectivity index (χ0v) is 14.7. The molecule has 128 valence electrons. The number of methoxy groups -OCH3 is 1. The number of sulfone groups is 1. The number of benzene rings is 1. The molecule has 1 aliphatic carbocycles. The van der Waals surface area contributed by atoms with Gasteiger partial charge in [0.15, 0.2) is 9.84 Å².